The molecular formula is C51H55N9O11. The van der Waals surface area contributed by atoms with E-state index in [2.05, 4.69) is 56.6 Å². The SMILES string of the molecule is COc1nc(NCCN2CCN(C(=O)CO/N=C/c3c4c(nc5ccccc35)-c3cc(C(C)O)c(COC=O)c(=O)n3C4)CC2)nc(OC)c1NC(=O)c1ccc(Oc2cc3c(cc2C)CCC3(C)C)o1. The van der Waals surface area contributed by atoms with Crippen molar-refractivity contribution in [2.24, 2.45) is 5.16 Å². The van der Waals surface area contributed by atoms with Crippen molar-refractivity contribution in [2.75, 3.05) is 70.7 Å². The molecule has 2 aliphatic heterocycles. The molecule has 71 heavy (non-hydrogen) atoms. The highest BCUT2D eigenvalue weighted by Crippen LogP contribution is 2.43. The van der Waals surface area contributed by atoms with Crippen LogP contribution >= 0.6 is 0 Å². The Kier molecular flexibility index (Phi) is 13.7. The van der Waals surface area contributed by atoms with Crippen LogP contribution in [0.25, 0.3) is 22.3 Å². The van der Waals surface area contributed by atoms with Crippen molar-refractivity contribution in [1.29, 1.82) is 0 Å². The second-order valence-corrected chi connectivity index (χ2v) is 18.2. The van der Waals surface area contributed by atoms with Gasteiger partial charge in [-0.05, 0) is 78.6 Å². The number of carbonyl (C=O) groups is 3. The van der Waals surface area contributed by atoms with Crippen molar-refractivity contribution in [3.05, 3.63) is 110 Å². The molecule has 1 saturated heterocycles. The van der Waals surface area contributed by atoms with Gasteiger partial charge in [0.1, 0.15) is 12.4 Å². The minimum absolute atomic E-state index is 0.00777. The fourth-order valence-electron chi connectivity index (χ4n) is 9.43. The van der Waals surface area contributed by atoms with Gasteiger partial charge in [0.05, 0.1) is 55.6 Å². The van der Waals surface area contributed by atoms with E-state index in [4.69, 9.17) is 33.2 Å². The highest BCUT2D eigenvalue weighted by atomic mass is 16.6. The van der Waals surface area contributed by atoms with Crippen molar-refractivity contribution in [3.63, 3.8) is 0 Å². The van der Waals surface area contributed by atoms with Crippen LogP contribution in [0.5, 0.6) is 23.5 Å². The predicted molar refractivity (Wildman–Crippen MR) is 261 cm³/mol. The third kappa shape index (κ3) is 9.85. The summed E-state index contributed by atoms with van der Waals surface area (Å²) in [4.78, 5) is 74.5. The molecule has 9 rings (SSSR count). The molecule has 0 spiro atoms. The molecule has 1 aliphatic carbocycles. The summed E-state index contributed by atoms with van der Waals surface area (Å²) in [5, 5.41) is 21.5. The first kappa shape index (κ1) is 48.2. The molecule has 0 saturated carbocycles. The average Bonchev–Trinajstić information content (AvgIpc) is 4.07. The summed E-state index contributed by atoms with van der Waals surface area (Å²) < 4.78 is 29.4. The number of aliphatic hydroxyl groups excluding tert-OH is 1. The number of pyridine rings is 2. The molecule has 2 aromatic carbocycles. The summed E-state index contributed by atoms with van der Waals surface area (Å²) in [5.74, 6) is 0.456. The Balaban J connectivity index is 0.764. The molecule has 3 aliphatic rings. The minimum atomic E-state index is -0.995. The van der Waals surface area contributed by atoms with Gasteiger partial charge in [0.25, 0.3) is 29.8 Å². The number of hydrogen-bond donors (Lipinski definition) is 3. The maximum absolute atomic E-state index is 13.7. The second kappa shape index (κ2) is 20.2. The van der Waals surface area contributed by atoms with Crippen LogP contribution in [0, 0.1) is 6.92 Å². The number of nitrogens with zero attached hydrogens (tertiary/aromatic N) is 7. The lowest BCUT2D eigenvalue weighted by atomic mass is 9.86. The third-order valence-electron chi connectivity index (χ3n) is 13.3. The Morgan fingerprint density at radius 1 is 1.01 bits per heavy atom. The molecule has 3 N–H and O–H groups in total. The van der Waals surface area contributed by atoms with Gasteiger partial charge >= 0.3 is 0 Å². The van der Waals surface area contributed by atoms with E-state index in [1.165, 1.54) is 42.2 Å². The van der Waals surface area contributed by atoms with Crippen LogP contribution in [-0.2, 0) is 44.2 Å². The topological polar surface area (TPSA) is 234 Å². The van der Waals surface area contributed by atoms with E-state index in [1.54, 1.807) is 24.0 Å². The van der Waals surface area contributed by atoms with E-state index in [0.717, 1.165) is 29.4 Å². The van der Waals surface area contributed by atoms with Crippen molar-refractivity contribution in [2.45, 2.75) is 65.2 Å². The number of anilines is 2. The van der Waals surface area contributed by atoms with E-state index in [9.17, 15) is 24.3 Å². The van der Waals surface area contributed by atoms with Crippen LogP contribution in [0.4, 0.5) is 11.6 Å². The number of oxime groups is 1. The molecule has 20 nitrogen and oxygen atoms in total. The highest BCUT2D eigenvalue weighted by Gasteiger charge is 2.32. The summed E-state index contributed by atoms with van der Waals surface area (Å²) in [5.41, 5.74) is 7.01. The molecule has 6 heterocycles. The van der Waals surface area contributed by atoms with Gasteiger partial charge in [-0.25, -0.2) is 4.98 Å². The number of rotatable bonds is 18. The maximum Gasteiger partial charge on any atom is 0.293 e. The molecule has 1 unspecified atom stereocenters. The summed E-state index contributed by atoms with van der Waals surface area (Å²) in [6.45, 7) is 11.2. The molecule has 0 bridgehead atoms. The van der Waals surface area contributed by atoms with Crippen molar-refractivity contribution >= 4 is 47.0 Å². The van der Waals surface area contributed by atoms with Crippen LogP contribution in [0.2, 0.25) is 0 Å². The number of amides is 2. The maximum atomic E-state index is 13.7. The molecule has 20 heteroatoms. The van der Waals surface area contributed by atoms with Crippen LogP contribution in [0.15, 0.2) is 69.0 Å². The number of aliphatic hydroxyl groups is 1. The molecular weight excluding hydrogens is 915 g/mol. The monoisotopic (exact) mass is 969 g/mol. The standard InChI is InChI=1S/C51H55N9O11/c1-29-21-31-13-14-51(3,4)37(31)23-41(29)71-43-12-11-40(70-43)46(64)55-45-47(66-5)56-50(57-48(45)67-6)52-15-16-58-17-19-59(20-18-58)42(63)27-69-53-24-34-32-9-7-8-10-38(32)54-44-35(34)25-60-39(44)22-33(30(2)62)36(49(60)65)26-68-28-61/h7-12,21-24,28,30,62H,13-20,25-27H2,1-6H3,(H,55,64)(H,52,56,57)/b53-24+. The minimum Gasteiger partial charge on any atom is -0.479 e. The van der Waals surface area contributed by atoms with E-state index >= 15 is 0 Å². The lowest BCUT2D eigenvalue weighted by Gasteiger charge is -2.34. The molecule has 370 valence electrons. The summed E-state index contributed by atoms with van der Waals surface area (Å²) >= 11 is 0. The van der Waals surface area contributed by atoms with E-state index in [-0.39, 0.29) is 78.2 Å². The Morgan fingerprint density at radius 2 is 1.77 bits per heavy atom. The van der Waals surface area contributed by atoms with Crippen molar-refractivity contribution in [1.82, 2.24) is 29.3 Å². The summed E-state index contributed by atoms with van der Waals surface area (Å²) in [6.07, 6.45) is 2.65. The lowest BCUT2D eigenvalue weighted by Crippen LogP contribution is -2.50. The van der Waals surface area contributed by atoms with Crippen LogP contribution in [0.3, 0.4) is 0 Å². The van der Waals surface area contributed by atoms with Crippen molar-refractivity contribution in [3.8, 4) is 34.8 Å². The van der Waals surface area contributed by atoms with Gasteiger partial charge in [-0.15, -0.1) is 0 Å². The molecule has 1 atom stereocenters. The number of nitrogens with one attached hydrogen (secondary N) is 2. The molecule has 1 fully saturated rings. The third-order valence-corrected chi connectivity index (χ3v) is 13.3. The Morgan fingerprint density at radius 3 is 2.51 bits per heavy atom. The van der Waals surface area contributed by atoms with Crippen LogP contribution < -0.4 is 30.4 Å². The van der Waals surface area contributed by atoms with Gasteiger partial charge in [0.2, 0.25) is 17.7 Å². The molecule has 6 aromatic rings. The molecule has 0 radical (unpaired) electrons. The van der Waals surface area contributed by atoms with Gasteiger partial charge in [-0.3, -0.25) is 24.1 Å². The zero-order chi connectivity index (χ0) is 50.0. The van der Waals surface area contributed by atoms with Gasteiger partial charge in [0.15, 0.2) is 18.1 Å². The first-order chi connectivity index (χ1) is 34.3. The number of piperazine rings is 1. The van der Waals surface area contributed by atoms with E-state index in [1.807, 2.05) is 31.2 Å². The fraction of sp³-hybridized carbons (Fsp3) is 0.373. The molecule has 2 amide bonds. The molecule has 4 aromatic heterocycles. The number of fused-ring (bicyclic) bond motifs is 5. The zero-order valence-electron chi connectivity index (χ0n) is 40.4. The number of methoxy groups -OCH3 is 2. The smallest absolute Gasteiger partial charge is 0.293 e. The number of aryl methyl sites for hydroxylation is 2. The van der Waals surface area contributed by atoms with E-state index in [0.29, 0.717) is 73.0 Å². The quantitative estimate of drug-likeness (QED) is 0.0529. The van der Waals surface area contributed by atoms with Crippen molar-refractivity contribution < 1.29 is 47.7 Å². The van der Waals surface area contributed by atoms with Gasteiger partial charge in [0, 0.05) is 61.8 Å². The predicted octanol–water partition coefficient (Wildman–Crippen LogP) is 5.74. The largest absolute Gasteiger partial charge is 0.479 e. The number of carbonyl (C=O) groups excluding carboxylic acids is 3. The fourth-order valence-corrected chi connectivity index (χ4v) is 9.43. The normalized spacial score (nSPS) is 15.2. The van der Waals surface area contributed by atoms with Gasteiger partial charge in [-0.2, -0.15) is 9.97 Å². The number of furan rings is 1. The van der Waals surface area contributed by atoms with Crippen LogP contribution in [-0.4, -0.2) is 119 Å². The van der Waals surface area contributed by atoms with Gasteiger partial charge < -0.3 is 53.4 Å². The number of aromatic nitrogens is 4. The first-order valence-electron chi connectivity index (χ1n) is 23.3. The number of para-hydroxylation sites is 1. The number of hydrogen-bond acceptors (Lipinski definition) is 17. The van der Waals surface area contributed by atoms with Gasteiger partial charge in [-0.1, -0.05) is 43.3 Å². The lowest BCUT2D eigenvalue weighted by molar-refractivity contribution is -0.137. The summed E-state index contributed by atoms with van der Waals surface area (Å²) in [7, 11) is 2.86. The zero-order valence-corrected chi connectivity index (χ0v) is 40.4. The first-order valence-corrected chi connectivity index (χ1v) is 23.3. The number of ether oxygens (including phenoxy) is 4. The average molecular weight is 970 g/mol. The Hall–Kier alpha value is -7.84. The Bertz CT molecular complexity index is 3090. The Labute approximate surface area is 408 Å². The number of benzene rings is 2. The van der Waals surface area contributed by atoms with Crippen LogP contribution in [0.1, 0.15) is 82.8 Å². The highest BCUT2D eigenvalue weighted by molar-refractivity contribution is 6.04. The van der Waals surface area contributed by atoms with E-state index < -0.39 is 17.6 Å². The second-order valence-electron chi connectivity index (χ2n) is 18.2. The summed E-state index contributed by atoms with van der Waals surface area (Å²) in [6, 6.07) is 16.5.